The number of halogens is 1. The van der Waals surface area contributed by atoms with Crippen molar-refractivity contribution in [1.29, 1.82) is 0 Å². The topological polar surface area (TPSA) is 20.3 Å². The standard InChI is InChI=1S/C10H18ClNOS/c1-8(11)9(13)12-5-4-10(2,3)14-7-6-12/h8H,4-7H2,1-3H3. The van der Waals surface area contributed by atoms with Crippen LogP contribution < -0.4 is 0 Å². The summed E-state index contributed by atoms with van der Waals surface area (Å²) in [5.41, 5.74) is 0. The van der Waals surface area contributed by atoms with Gasteiger partial charge in [0, 0.05) is 23.6 Å². The maximum atomic E-state index is 11.6. The maximum absolute atomic E-state index is 11.6. The van der Waals surface area contributed by atoms with E-state index >= 15 is 0 Å². The first kappa shape index (κ1) is 12.2. The third-order valence-electron chi connectivity index (χ3n) is 2.49. The predicted molar refractivity (Wildman–Crippen MR) is 63.0 cm³/mol. The van der Waals surface area contributed by atoms with Gasteiger partial charge in [-0.3, -0.25) is 4.79 Å². The second kappa shape index (κ2) is 4.75. The minimum Gasteiger partial charge on any atom is -0.341 e. The number of nitrogens with zero attached hydrogens (tertiary/aromatic N) is 1. The highest BCUT2D eigenvalue weighted by molar-refractivity contribution is 8.00. The van der Waals surface area contributed by atoms with Gasteiger partial charge in [0.1, 0.15) is 5.38 Å². The summed E-state index contributed by atoms with van der Waals surface area (Å²) in [6.45, 7) is 7.89. The first-order valence-electron chi connectivity index (χ1n) is 4.99. The highest BCUT2D eigenvalue weighted by atomic mass is 35.5. The quantitative estimate of drug-likeness (QED) is 0.651. The summed E-state index contributed by atoms with van der Waals surface area (Å²) in [5, 5.41) is -0.388. The Kier molecular flexibility index (Phi) is 4.14. The van der Waals surface area contributed by atoms with Gasteiger partial charge in [0.2, 0.25) is 5.91 Å². The molecule has 1 unspecified atom stereocenters. The van der Waals surface area contributed by atoms with Crippen molar-refractivity contribution < 1.29 is 4.79 Å². The Morgan fingerprint density at radius 3 is 2.71 bits per heavy atom. The van der Waals surface area contributed by atoms with E-state index in [-0.39, 0.29) is 11.3 Å². The van der Waals surface area contributed by atoms with Crippen LogP contribution in [0.1, 0.15) is 27.2 Å². The fourth-order valence-electron chi connectivity index (χ4n) is 1.49. The lowest BCUT2D eigenvalue weighted by Crippen LogP contribution is -2.37. The van der Waals surface area contributed by atoms with Crippen molar-refractivity contribution in [3.05, 3.63) is 0 Å². The van der Waals surface area contributed by atoms with Crippen LogP contribution in [0.2, 0.25) is 0 Å². The molecule has 0 bridgehead atoms. The molecular formula is C10H18ClNOS. The summed E-state index contributed by atoms with van der Waals surface area (Å²) in [4.78, 5) is 13.5. The number of amides is 1. The highest BCUT2D eigenvalue weighted by Gasteiger charge is 2.27. The molecule has 1 aliphatic rings. The molecule has 1 saturated heterocycles. The number of rotatable bonds is 1. The van der Waals surface area contributed by atoms with Crippen molar-refractivity contribution in [2.24, 2.45) is 0 Å². The van der Waals surface area contributed by atoms with Gasteiger partial charge in [0.15, 0.2) is 0 Å². The Balaban J connectivity index is 2.54. The molecule has 0 saturated carbocycles. The molecule has 4 heteroatoms. The van der Waals surface area contributed by atoms with Crippen LogP contribution in [0.5, 0.6) is 0 Å². The highest BCUT2D eigenvalue weighted by Crippen LogP contribution is 2.30. The average Bonchev–Trinajstić information content (AvgIpc) is 2.25. The van der Waals surface area contributed by atoms with Crippen LogP contribution in [0.3, 0.4) is 0 Å². The minimum absolute atomic E-state index is 0.0740. The molecule has 1 aliphatic heterocycles. The monoisotopic (exact) mass is 235 g/mol. The first-order valence-corrected chi connectivity index (χ1v) is 6.41. The molecule has 1 heterocycles. The van der Waals surface area contributed by atoms with Crippen LogP contribution in [-0.4, -0.2) is 39.8 Å². The van der Waals surface area contributed by atoms with Crippen molar-refractivity contribution in [1.82, 2.24) is 4.90 Å². The zero-order valence-electron chi connectivity index (χ0n) is 9.05. The second-order valence-corrected chi connectivity index (χ2v) is 6.76. The van der Waals surface area contributed by atoms with Crippen LogP contribution in [0.4, 0.5) is 0 Å². The zero-order chi connectivity index (χ0) is 10.8. The smallest absolute Gasteiger partial charge is 0.240 e. The average molecular weight is 236 g/mol. The molecule has 0 aromatic carbocycles. The number of carbonyl (C=O) groups excluding carboxylic acids is 1. The fraction of sp³-hybridized carbons (Fsp3) is 0.900. The molecule has 0 aromatic rings. The molecule has 82 valence electrons. The third-order valence-corrected chi connectivity index (χ3v) is 4.05. The molecule has 0 spiro atoms. The maximum Gasteiger partial charge on any atom is 0.240 e. The van der Waals surface area contributed by atoms with Crippen LogP contribution in [0.25, 0.3) is 0 Å². The van der Waals surface area contributed by atoms with Gasteiger partial charge in [-0.15, -0.1) is 11.6 Å². The molecule has 1 atom stereocenters. The van der Waals surface area contributed by atoms with Crippen molar-refractivity contribution >= 4 is 29.3 Å². The van der Waals surface area contributed by atoms with Gasteiger partial charge in [-0.25, -0.2) is 0 Å². The van der Waals surface area contributed by atoms with Crippen LogP contribution >= 0.6 is 23.4 Å². The second-order valence-electron chi connectivity index (χ2n) is 4.30. The number of thioether (sulfide) groups is 1. The van der Waals surface area contributed by atoms with Crippen LogP contribution in [-0.2, 0) is 4.79 Å². The molecule has 0 radical (unpaired) electrons. The summed E-state index contributed by atoms with van der Waals surface area (Å²) in [6, 6.07) is 0. The van der Waals surface area contributed by atoms with E-state index in [0.29, 0.717) is 4.75 Å². The molecule has 1 rings (SSSR count). The van der Waals surface area contributed by atoms with Gasteiger partial charge in [-0.1, -0.05) is 13.8 Å². The third kappa shape index (κ3) is 3.35. The van der Waals surface area contributed by atoms with Crippen LogP contribution in [0, 0.1) is 0 Å². The van der Waals surface area contributed by atoms with Crippen molar-refractivity contribution in [3.8, 4) is 0 Å². The van der Waals surface area contributed by atoms with Gasteiger partial charge in [0.05, 0.1) is 0 Å². The fourth-order valence-corrected chi connectivity index (χ4v) is 2.73. The molecular weight excluding hydrogens is 218 g/mol. The van der Waals surface area contributed by atoms with E-state index in [0.717, 1.165) is 25.3 Å². The van der Waals surface area contributed by atoms with Gasteiger partial charge in [-0.05, 0) is 13.3 Å². The zero-order valence-corrected chi connectivity index (χ0v) is 10.6. The van der Waals surface area contributed by atoms with Crippen molar-refractivity contribution in [2.45, 2.75) is 37.3 Å². The van der Waals surface area contributed by atoms with Gasteiger partial charge in [0.25, 0.3) is 0 Å². The van der Waals surface area contributed by atoms with E-state index in [1.165, 1.54) is 0 Å². The predicted octanol–water partition coefficient (Wildman–Crippen LogP) is 2.36. The Bertz CT molecular complexity index is 218. The Hall–Kier alpha value is 0.110. The molecule has 0 N–H and O–H groups in total. The van der Waals surface area contributed by atoms with Gasteiger partial charge < -0.3 is 4.90 Å². The molecule has 0 aliphatic carbocycles. The van der Waals surface area contributed by atoms with Gasteiger partial charge in [-0.2, -0.15) is 11.8 Å². The Labute approximate surface area is 95.4 Å². The summed E-state index contributed by atoms with van der Waals surface area (Å²) in [6.07, 6.45) is 1.05. The number of alkyl halides is 1. The minimum atomic E-state index is -0.388. The molecule has 2 nitrogen and oxygen atoms in total. The number of hydrogen-bond acceptors (Lipinski definition) is 2. The van der Waals surface area contributed by atoms with Gasteiger partial charge >= 0.3 is 0 Å². The first-order chi connectivity index (χ1) is 6.42. The van der Waals surface area contributed by atoms with Crippen LogP contribution in [0.15, 0.2) is 0 Å². The normalized spacial score (nSPS) is 24.1. The lowest BCUT2D eigenvalue weighted by atomic mass is 10.1. The van der Waals surface area contributed by atoms with E-state index in [4.69, 9.17) is 11.6 Å². The van der Waals surface area contributed by atoms with Crippen molar-refractivity contribution in [2.75, 3.05) is 18.8 Å². The number of carbonyl (C=O) groups is 1. The largest absolute Gasteiger partial charge is 0.341 e. The summed E-state index contributed by atoms with van der Waals surface area (Å²) in [5.74, 6) is 1.09. The number of hydrogen-bond donors (Lipinski definition) is 0. The van der Waals surface area contributed by atoms with E-state index in [2.05, 4.69) is 13.8 Å². The molecule has 14 heavy (non-hydrogen) atoms. The summed E-state index contributed by atoms with van der Waals surface area (Å²) >= 11 is 7.73. The van der Waals surface area contributed by atoms with E-state index < -0.39 is 0 Å². The van der Waals surface area contributed by atoms with E-state index in [1.807, 2.05) is 16.7 Å². The SMILES string of the molecule is CC(Cl)C(=O)N1CCSC(C)(C)CC1. The lowest BCUT2D eigenvalue weighted by molar-refractivity contribution is -0.130. The Morgan fingerprint density at radius 2 is 2.14 bits per heavy atom. The lowest BCUT2D eigenvalue weighted by Gasteiger charge is -2.23. The summed E-state index contributed by atoms with van der Waals surface area (Å²) < 4.78 is 0.296. The van der Waals surface area contributed by atoms with Crippen molar-refractivity contribution in [3.63, 3.8) is 0 Å². The molecule has 0 aromatic heterocycles. The van der Waals surface area contributed by atoms with E-state index in [9.17, 15) is 4.79 Å². The Morgan fingerprint density at radius 1 is 1.50 bits per heavy atom. The summed E-state index contributed by atoms with van der Waals surface area (Å²) in [7, 11) is 0. The molecule has 1 fully saturated rings. The van der Waals surface area contributed by atoms with E-state index in [1.54, 1.807) is 6.92 Å². The molecule has 1 amide bonds.